The summed E-state index contributed by atoms with van der Waals surface area (Å²) in [6, 6.07) is 14.5. The zero-order valence-corrected chi connectivity index (χ0v) is 21.2. The molecule has 2 aromatic heterocycles. The van der Waals surface area contributed by atoms with Crippen molar-refractivity contribution in [3.63, 3.8) is 0 Å². The zero-order chi connectivity index (χ0) is 25.7. The van der Waals surface area contributed by atoms with Gasteiger partial charge in [0.05, 0.1) is 24.7 Å². The van der Waals surface area contributed by atoms with Crippen LogP contribution in [0.15, 0.2) is 59.1 Å². The van der Waals surface area contributed by atoms with E-state index in [4.69, 9.17) is 13.9 Å². The first-order valence-electron chi connectivity index (χ1n) is 11.6. The van der Waals surface area contributed by atoms with Gasteiger partial charge in [0, 0.05) is 49.9 Å². The summed E-state index contributed by atoms with van der Waals surface area (Å²) in [6.45, 7) is 3.46. The standard InChI is InChI=1S/C27H31N5O4/c1-18-24(11-12-32(4)17-20-13-21(31(2)3)16-28-30-20)25-14-19(9-10-26(25)35-18)29-27(33)36-23-8-6-7-22(15-23)34-5/h6-10,13-16H,11-12,17H2,1-5H3,(H,29,33). The average molecular weight is 490 g/mol. The van der Waals surface area contributed by atoms with Crippen molar-refractivity contribution in [2.75, 3.05) is 45.0 Å². The van der Waals surface area contributed by atoms with Crippen molar-refractivity contribution in [2.24, 2.45) is 0 Å². The number of rotatable bonds is 9. The Labute approximate surface area is 210 Å². The molecule has 188 valence electrons. The highest BCUT2D eigenvalue weighted by atomic mass is 16.6. The molecule has 1 amide bonds. The van der Waals surface area contributed by atoms with Gasteiger partial charge in [-0.2, -0.15) is 10.2 Å². The SMILES string of the molecule is COc1cccc(OC(=O)Nc2ccc3oc(C)c(CCN(C)Cc4cc(N(C)C)cnn4)c3c2)c1. The van der Waals surface area contributed by atoms with Gasteiger partial charge in [-0.1, -0.05) is 6.07 Å². The number of fused-ring (bicyclic) bond motifs is 1. The van der Waals surface area contributed by atoms with Crippen LogP contribution in [0.25, 0.3) is 11.0 Å². The maximum Gasteiger partial charge on any atom is 0.417 e. The second-order valence-electron chi connectivity index (χ2n) is 8.83. The predicted molar refractivity (Wildman–Crippen MR) is 140 cm³/mol. The first kappa shape index (κ1) is 25.0. The number of aryl methyl sites for hydroxylation is 1. The highest BCUT2D eigenvalue weighted by Gasteiger charge is 2.14. The quantitative estimate of drug-likeness (QED) is 0.355. The summed E-state index contributed by atoms with van der Waals surface area (Å²) in [5.74, 6) is 1.88. The Kier molecular flexibility index (Phi) is 7.70. The van der Waals surface area contributed by atoms with E-state index in [-0.39, 0.29) is 0 Å². The Hall–Kier alpha value is -4.11. The number of amides is 1. The van der Waals surface area contributed by atoms with Crippen molar-refractivity contribution < 1.29 is 18.7 Å². The van der Waals surface area contributed by atoms with E-state index in [0.29, 0.717) is 23.7 Å². The van der Waals surface area contributed by atoms with Crippen LogP contribution < -0.4 is 19.7 Å². The van der Waals surface area contributed by atoms with E-state index in [0.717, 1.165) is 46.6 Å². The third kappa shape index (κ3) is 6.11. The summed E-state index contributed by atoms with van der Waals surface area (Å²) in [5.41, 5.74) is 4.45. The van der Waals surface area contributed by atoms with E-state index in [1.165, 1.54) is 0 Å². The molecular formula is C27H31N5O4. The number of aromatic nitrogens is 2. The molecule has 0 aliphatic carbocycles. The lowest BCUT2D eigenvalue weighted by molar-refractivity contribution is 0.215. The first-order chi connectivity index (χ1) is 17.3. The molecule has 0 saturated heterocycles. The number of hydrogen-bond acceptors (Lipinski definition) is 8. The maximum atomic E-state index is 12.4. The molecule has 1 N–H and O–H groups in total. The Morgan fingerprint density at radius 3 is 2.67 bits per heavy atom. The molecule has 4 rings (SSSR count). The van der Waals surface area contributed by atoms with Crippen molar-refractivity contribution in [3.05, 3.63) is 71.7 Å². The summed E-state index contributed by atoms with van der Waals surface area (Å²) in [4.78, 5) is 16.7. The van der Waals surface area contributed by atoms with Crippen LogP contribution in [0.4, 0.5) is 16.2 Å². The average Bonchev–Trinajstić information content (AvgIpc) is 3.17. The van der Waals surface area contributed by atoms with Gasteiger partial charge in [-0.05, 0) is 56.8 Å². The number of likely N-dealkylation sites (N-methyl/N-ethyl adjacent to an activating group) is 1. The van der Waals surface area contributed by atoms with Crippen molar-refractivity contribution in [1.29, 1.82) is 0 Å². The van der Waals surface area contributed by atoms with Crippen molar-refractivity contribution >= 4 is 28.4 Å². The second-order valence-corrected chi connectivity index (χ2v) is 8.83. The van der Waals surface area contributed by atoms with E-state index >= 15 is 0 Å². The van der Waals surface area contributed by atoms with Crippen LogP contribution >= 0.6 is 0 Å². The Balaban J connectivity index is 1.42. The fraction of sp³-hybridized carbons (Fsp3) is 0.296. The molecular weight excluding hydrogens is 458 g/mol. The molecule has 0 saturated carbocycles. The molecule has 9 nitrogen and oxygen atoms in total. The smallest absolute Gasteiger partial charge is 0.417 e. The molecule has 0 radical (unpaired) electrons. The van der Waals surface area contributed by atoms with E-state index in [1.54, 1.807) is 43.6 Å². The van der Waals surface area contributed by atoms with Crippen LogP contribution in [0.5, 0.6) is 11.5 Å². The molecule has 2 aromatic carbocycles. The fourth-order valence-corrected chi connectivity index (χ4v) is 3.95. The lowest BCUT2D eigenvalue weighted by Gasteiger charge is -2.17. The van der Waals surface area contributed by atoms with E-state index < -0.39 is 6.09 Å². The minimum Gasteiger partial charge on any atom is -0.497 e. The van der Waals surface area contributed by atoms with Crippen LogP contribution in [0.3, 0.4) is 0 Å². The highest BCUT2D eigenvalue weighted by Crippen LogP contribution is 2.29. The molecule has 0 unspecified atom stereocenters. The number of benzene rings is 2. The highest BCUT2D eigenvalue weighted by molar-refractivity contribution is 5.92. The summed E-state index contributed by atoms with van der Waals surface area (Å²) in [5, 5.41) is 12.1. The molecule has 0 aliphatic rings. The number of methoxy groups -OCH3 is 1. The van der Waals surface area contributed by atoms with Crippen LogP contribution in [0.2, 0.25) is 0 Å². The number of carbonyl (C=O) groups excluding carboxylic acids is 1. The number of ether oxygens (including phenoxy) is 2. The lowest BCUT2D eigenvalue weighted by Crippen LogP contribution is -2.22. The number of nitrogens with zero attached hydrogens (tertiary/aromatic N) is 4. The topological polar surface area (TPSA) is 93.0 Å². The minimum atomic E-state index is -0.579. The van der Waals surface area contributed by atoms with Crippen LogP contribution in [0, 0.1) is 6.92 Å². The molecule has 0 atom stereocenters. The number of nitrogens with one attached hydrogen (secondary N) is 1. The van der Waals surface area contributed by atoms with E-state index in [9.17, 15) is 4.79 Å². The molecule has 2 heterocycles. The fourth-order valence-electron chi connectivity index (χ4n) is 3.95. The van der Waals surface area contributed by atoms with Crippen molar-refractivity contribution in [2.45, 2.75) is 19.9 Å². The van der Waals surface area contributed by atoms with Gasteiger partial charge in [0.2, 0.25) is 0 Å². The van der Waals surface area contributed by atoms with E-state index in [1.807, 2.05) is 44.1 Å². The van der Waals surface area contributed by atoms with Gasteiger partial charge in [-0.3, -0.25) is 5.32 Å². The lowest BCUT2D eigenvalue weighted by atomic mass is 10.1. The van der Waals surface area contributed by atoms with Crippen molar-refractivity contribution in [1.82, 2.24) is 15.1 Å². The van der Waals surface area contributed by atoms with Gasteiger partial charge in [-0.15, -0.1) is 0 Å². The predicted octanol–water partition coefficient (Wildman–Crippen LogP) is 4.89. The molecule has 0 fully saturated rings. The summed E-state index contributed by atoms with van der Waals surface area (Å²) < 4.78 is 16.5. The zero-order valence-electron chi connectivity index (χ0n) is 21.2. The van der Waals surface area contributed by atoms with E-state index in [2.05, 4.69) is 27.5 Å². The maximum absolute atomic E-state index is 12.4. The summed E-state index contributed by atoms with van der Waals surface area (Å²) in [6.07, 6.45) is 1.96. The summed E-state index contributed by atoms with van der Waals surface area (Å²) >= 11 is 0. The summed E-state index contributed by atoms with van der Waals surface area (Å²) in [7, 11) is 7.59. The third-order valence-corrected chi connectivity index (χ3v) is 5.87. The molecule has 0 spiro atoms. The molecule has 9 heteroatoms. The minimum absolute atomic E-state index is 0.400. The van der Waals surface area contributed by atoms with Crippen molar-refractivity contribution in [3.8, 4) is 11.5 Å². The third-order valence-electron chi connectivity index (χ3n) is 5.87. The normalized spacial score (nSPS) is 11.1. The van der Waals surface area contributed by atoms with Gasteiger partial charge < -0.3 is 23.7 Å². The number of anilines is 2. The van der Waals surface area contributed by atoms with Gasteiger partial charge >= 0.3 is 6.09 Å². The Morgan fingerprint density at radius 2 is 1.89 bits per heavy atom. The van der Waals surface area contributed by atoms with Gasteiger partial charge in [0.15, 0.2) is 0 Å². The molecule has 36 heavy (non-hydrogen) atoms. The van der Waals surface area contributed by atoms with Gasteiger partial charge in [0.1, 0.15) is 22.8 Å². The molecule has 4 aromatic rings. The van der Waals surface area contributed by atoms with Crippen LogP contribution in [0.1, 0.15) is 17.0 Å². The van der Waals surface area contributed by atoms with Gasteiger partial charge in [-0.25, -0.2) is 4.79 Å². The Bertz CT molecular complexity index is 1350. The number of hydrogen-bond donors (Lipinski definition) is 1. The number of carbonyl (C=O) groups is 1. The van der Waals surface area contributed by atoms with Crippen LogP contribution in [-0.4, -0.2) is 56.0 Å². The second kappa shape index (κ2) is 11.1. The number of furan rings is 1. The van der Waals surface area contributed by atoms with Gasteiger partial charge in [0.25, 0.3) is 0 Å². The first-order valence-corrected chi connectivity index (χ1v) is 11.6. The molecule has 0 bridgehead atoms. The monoisotopic (exact) mass is 489 g/mol. The Morgan fingerprint density at radius 1 is 1.08 bits per heavy atom. The molecule has 0 aliphatic heterocycles. The van der Waals surface area contributed by atoms with Crippen LogP contribution in [-0.2, 0) is 13.0 Å². The largest absolute Gasteiger partial charge is 0.497 e.